The number of fused-ring (bicyclic) bond motifs is 1. The molecule has 0 amide bonds. The zero-order valence-electron chi connectivity index (χ0n) is 7.52. The number of ether oxygens (including phenoxy) is 1. The summed E-state index contributed by atoms with van der Waals surface area (Å²) in [5.41, 5.74) is 1.85. The van der Waals surface area contributed by atoms with Gasteiger partial charge in [0, 0.05) is 0 Å². The van der Waals surface area contributed by atoms with Crippen molar-refractivity contribution in [1.29, 1.82) is 0 Å². The first-order valence-corrected chi connectivity index (χ1v) is 5.91. The number of hydrogen-bond donors (Lipinski definition) is 1. The normalized spacial score (nSPS) is 11.2. The number of carbonyl (C=O) groups excluding carboxylic acids is 1. The van der Waals surface area contributed by atoms with Crippen LogP contribution in [-0.2, 0) is 4.74 Å². The van der Waals surface area contributed by atoms with Gasteiger partial charge >= 0.3 is 87.0 Å². The summed E-state index contributed by atoms with van der Waals surface area (Å²) in [5.74, 6) is 0. The number of para-hydroxylation sites is 2. The molecule has 4 nitrogen and oxygen atoms in total. The van der Waals surface area contributed by atoms with Crippen molar-refractivity contribution in [2.45, 2.75) is 0 Å². The van der Waals surface area contributed by atoms with Crippen molar-refractivity contribution in [3.8, 4) is 0 Å². The van der Waals surface area contributed by atoms with E-state index in [1.165, 1.54) is 7.11 Å². The first-order chi connectivity index (χ1) is 6.79. The van der Waals surface area contributed by atoms with Gasteiger partial charge in [-0.15, -0.1) is 0 Å². The van der Waals surface area contributed by atoms with E-state index in [0.29, 0.717) is 0 Å². The molecule has 2 rings (SSSR count). The van der Waals surface area contributed by atoms with Crippen LogP contribution in [0, 0.1) is 0 Å². The first-order valence-electron chi connectivity index (χ1n) is 4.04. The van der Waals surface area contributed by atoms with Crippen molar-refractivity contribution in [3.63, 3.8) is 0 Å². The van der Waals surface area contributed by atoms with Crippen LogP contribution in [0.15, 0.2) is 24.3 Å². The van der Waals surface area contributed by atoms with E-state index in [4.69, 9.17) is 0 Å². The third kappa shape index (κ3) is 1.80. The van der Waals surface area contributed by atoms with Crippen LogP contribution in [0.5, 0.6) is 0 Å². The quantitative estimate of drug-likeness (QED) is 0.797. The van der Waals surface area contributed by atoms with Crippen LogP contribution < -0.4 is 4.61 Å². The van der Waals surface area contributed by atoms with Crippen LogP contribution in [0.3, 0.4) is 0 Å². The van der Waals surface area contributed by atoms with Crippen LogP contribution in [0.25, 0.3) is 11.0 Å². The summed E-state index contributed by atoms with van der Waals surface area (Å²) in [7, 11) is 1.39. The molecule has 0 bridgehead atoms. The Labute approximate surface area is 87.4 Å². The van der Waals surface area contributed by atoms with Crippen molar-refractivity contribution in [1.82, 2.24) is 9.97 Å². The standard InChI is InChI=1S/C9H8AsN2O2/c1-14-9(13)10-8-11-6-4-2-3-5-7(6)12-8/h2-5H,1H3,(H,11,12). The average molecular weight is 251 g/mol. The Bertz CT molecular complexity index is 434. The van der Waals surface area contributed by atoms with E-state index < -0.39 is 15.8 Å². The van der Waals surface area contributed by atoms with Crippen LogP contribution in [-0.4, -0.2) is 37.6 Å². The molecule has 1 N–H and O–H groups in total. The van der Waals surface area contributed by atoms with Gasteiger partial charge in [-0.3, -0.25) is 0 Å². The fraction of sp³-hybridized carbons (Fsp3) is 0.111. The van der Waals surface area contributed by atoms with E-state index in [1.54, 1.807) is 0 Å². The van der Waals surface area contributed by atoms with Crippen LogP contribution >= 0.6 is 0 Å². The van der Waals surface area contributed by atoms with Gasteiger partial charge in [-0.2, -0.15) is 0 Å². The van der Waals surface area contributed by atoms with Crippen molar-refractivity contribution >= 4 is 36.2 Å². The van der Waals surface area contributed by atoms with Crippen LogP contribution in [0.1, 0.15) is 0 Å². The summed E-state index contributed by atoms with van der Waals surface area (Å²) in [6, 6.07) is 7.69. The zero-order valence-corrected chi connectivity index (χ0v) is 9.40. The molecular formula is C9H8AsN2O2. The van der Waals surface area contributed by atoms with E-state index in [-0.39, 0.29) is 4.76 Å². The Hall–Kier alpha value is -1.28. The molecule has 71 valence electrons. The molecule has 0 aliphatic heterocycles. The number of nitrogens with zero attached hydrogens (tertiary/aromatic N) is 1. The molecule has 0 aliphatic carbocycles. The summed E-state index contributed by atoms with van der Waals surface area (Å²) in [6.45, 7) is 0. The second kappa shape index (κ2) is 3.84. The number of aromatic amines is 1. The topological polar surface area (TPSA) is 55.0 Å². The average Bonchev–Trinajstić information content (AvgIpc) is 2.59. The summed E-state index contributed by atoms with van der Waals surface area (Å²) in [4.78, 5) is 18.4. The molecule has 0 atom stereocenters. The molecule has 0 aliphatic rings. The predicted octanol–water partition coefficient (Wildman–Crippen LogP) is 0.659. The molecular weight excluding hydrogens is 243 g/mol. The SMILES string of the molecule is COC(=O)[As]c1nc2ccccc2[nH]1. The Kier molecular flexibility index (Phi) is 2.55. The summed E-state index contributed by atoms with van der Waals surface area (Å²) < 4.78 is 5.13. The number of H-pyrrole nitrogens is 1. The van der Waals surface area contributed by atoms with Crippen molar-refractivity contribution < 1.29 is 9.53 Å². The van der Waals surface area contributed by atoms with Gasteiger partial charge in [-0.1, -0.05) is 0 Å². The number of nitrogens with one attached hydrogen (secondary N) is 1. The van der Waals surface area contributed by atoms with Gasteiger partial charge in [0.15, 0.2) is 0 Å². The van der Waals surface area contributed by atoms with Gasteiger partial charge < -0.3 is 0 Å². The number of hydrogen-bond acceptors (Lipinski definition) is 3. The molecule has 0 unspecified atom stereocenters. The van der Waals surface area contributed by atoms with Gasteiger partial charge in [-0.05, 0) is 0 Å². The van der Waals surface area contributed by atoms with E-state index in [0.717, 1.165) is 15.6 Å². The molecule has 0 saturated carbocycles. The maximum absolute atomic E-state index is 11.0. The van der Waals surface area contributed by atoms with Crippen molar-refractivity contribution in [3.05, 3.63) is 24.3 Å². The number of imidazole rings is 1. The molecule has 0 spiro atoms. The van der Waals surface area contributed by atoms with Crippen LogP contribution in [0.4, 0.5) is 4.79 Å². The van der Waals surface area contributed by atoms with Gasteiger partial charge in [0.1, 0.15) is 0 Å². The minimum atomic E-state index is -0.665. The van der Waals surface area contributed by atoms with Crippen LogP contribution in [0.2, 0.25) is 0 Å². The summed E-state index contributed by atoms with van der Waals surface area (Å²) in [6.07, 6.45) is 0. The summed E-state index contributed by atoms with van der Waals surface area (Å²) >= 11 is -0.665. The fourth-order valence-electron chi connectivity index (χ4n) is 1.12. The van der Waals surface area contributed by atoms with E-state index in [1.807, 2.05) is 24.3 Å². The Morgan fingerprint density at radius 2 is 2.29 bits per heavy atom. The van der Waals surface area contributed by atoms with E-state index >= 15 is 0 Å². The fourth-order valence-corrected chi connectivity index (χ4v) is 2.38. The molecule has 1 aromatic heterocycles. The maximum atomic E-state index is 11.0. The number of rotatable bonds is 2. The van der Waals surface area contributed by atoms with Crippen molar-refractivity contribution in [2.24, 2.45) is 0 Å². The second-order valence-corrected chi connectivity index (χ2v) is 4.78. The van der Waals surface area contributed by atoms with E-state index in [2.05, 4.69) is 14.7 Å². The molecule has 1 aromatic carbocycles. The van der Waals surface area contributed by atoms with Gasteiger partial charge in [0.25, 0.3) is 0 Å². The zero-order chi connectivity index (χ0) is 9.97. The number of aromatic nitrogens is 2. The molecule has 0 saturated heterocycles. The molecule has 2 aromatic rings. The van der Waals surface area contributed by atoms with Gasteiger partial charge in [0.2, 0.25) is 0 Å². The number of benzene rings is 1. The molecule has 14 heavy (non-hydrogen) atoms. The Morgan fingerprint density at radius 1 is 1.50 bits per heavy atom. The molecule has 1 radical (unpaired) electrons. The molecule has 0 fully saturated rings. The monoisotopic (exact) mass is 251 g/mol. The van der Waals surface area contributed by atoms with Gasteiger partial charge in [-0.25, -0.2) is 0 Å². The number of carbonyl (C=O) groups is 1. The first kappa shape index (κ1) is 9.28. The second-order valence-electron chi connectivity index (χ2n) is 2.66. The number of methoxy groups -OCH3 is 1. The Balaban J connectivity index is 2.31. The van der Waals surface area contributed by atoms with E-state index in [9.17, 15) is 4.79 Å². The third-order valence-corrected chi connectivity index (χ3v) is 3.40. The van der Waals surface area contributed by atoms with Gasteiger partial charge in [0.05, 0.1) is 0 Å². The predicted molar refractivity (Wildman–Crippen MR) is 53.9 cm³/mol. The minimum absolute atomic E-state index is 0.194. The third-order valence-electron chi connectivity index (χ3n) is 1.75. The van der Waals surface area contributed by atoms with Crippen molar-refractivity contribution in [2.75, 3.05) is 7.11 Å². The summed E-state index contributed by atoms with van der Waals surface area (Å²) in [5, 5.41) is 0. The molecule has 1 heterocycles. The molecule has 5 heteroatoms. The Morgan fingerprint density at radius 3 is 3.00 bits per heavy atom.